The first-order valence-electron chi connectivity index (χ1n) is 7.32. The zero-order valence-corrected chi connectivity index (χ0v) is 12.5. The Bertz CT molecular complexity index is 883. The summed E-state index contributed by atoms with van der Waals surface area (Å²) < 4.78 is 40.0. The number of hydrogen-bond donors (Lipinski definition) is 2. The monoisotopic (exact) mass is 333 g/mol. The molecule has 1 heterocycles. The molecule has 0 fully saturated rings. The number of carboxylic acids is 1. The summed E-state index contributed by atoms with van der Waals surface area (Å²) >= 11 is 0. The minimum absolute atomic E-state index is 0.0304. The summed E-state index contributed by atoms with van der Waals surface area (Å²) in [5, 5.41) is 9.94. The first-order chi connectivity index (χ1) is 11.4. The van der Waals surface area contributed by atoms with E-state index in [1.807, 2.05) is 0 Å². The molecule has 24 heavy (non-hydrogen) atoms. The second kappa shape index (κ2) is 6.03. The molecule has 2 aromatic carbocycles. The van der Waals surface area contributed by atoms with E-state index in [0.29, 0.717) is 5.56 Å². The van der Waals surface area contributed by atoms with Crippen LogP contribution in [0.4, 0.5) is 13.2 Å². The third-order valence-corrected chi connectivity index (χ3v) is 4.02. The van der Waals surface area contributed by atoms with E-state index in [0.717, 1.165) is 17.0 Å². The number of H-pyrrole nitrogens is 1. The van der Waals surface area contributed by atoms with Gasteiger partial charge in [-0.15, -0.1) is 0 Å². The number of benzene rings is 2. The topological polar surface area (TPSA) is 53.1 Å². The van der Waals surface area contributed by atoms with Crippen LogP contribution in [-0.4, -0.2) is 16.1 Å². The fraction of sp³-hybridized carbons (Fsp3) is 0.167. The molecular weight excluding hydrogens is 319 g/mol. The summed E-state index contributed by atoms with van der Waals surface area (Å²) in [6.45, 7) is 0. The smallest absolute Gasteiger partial charge is 0.416 e. The Kier molecular flexibility index (Phi) is 4.05. The lowest BCUT2D eigenvalue weighted by Gasteiger charge is -2.20. The van der Waals surface area contributed by atoms with E-state index in [9.17, 15) is 23.1 Å². The van der Waals surface area contributed by atoms with Gasteiger partial charge in [0.2, 0.25) is 0 Å². The zero-order chi connectivity index (χ0) is 17.3. The first-order valence-corrected chi connectivity index (χ1v) is 7.32. The fourth-order valence-electron chi connectivity index (χ4n) is 3.00. The third-order valence-electron chi connectivity index (χ3n) is 4.02. The second-order valence-corrected chi connectivity index (χ2v) is 5.53. The van der Waals surface area contributed by atoms with Crippen LogP contribution in [0.1, 0.15) is 29.0 Å². The Balaban J connectivity index is 2.20. The Morgan fingerprint density at radius 3 is 2.42 bits per heavy atom. The van der Waals surface area contributed by atoms with Crippen molar-refractivity contribution in [3.63, 3.8) is 0 Å². The maximum atomic E-state index is 13.3. The molecule has 0 radical (unpaired) electrons. The lowest BCUT2D eigenvalue weighted by Crippen LogP contribution is -2.15. The largest absolute Gasteiger partial charge is 0.481 e. The molecule has 3 nitrogen and oxygen atoms in total. The van der Waals surface area contributed by atoms with Gasteiger partial charge < -0.3 is 10.1 Å². The normalized spacial score (nSPS) is 13.1. The summed E-state index contributed by atoms with van der Waals surface area (Å²) in [7, 11) is 0. The molecule has 3 aromatic rings. The molecule has 0 saturated heterocycles. The van der Waals surface area contributed by atoms with Crippen molar-refractivity contribution >= 4 is 16.9 Å². The van der Waals surface area contributed by atoms with Crippen molar-refractivity contribution in [2.75, 3.05) is 0 Å². The molecule has 6 heteroatoms. The molecule has 2 N–H and O–H groups in total. The Morgan fingerprint density at radius 2 is 1.71 bits per heavy atom. The van der Waals surface area contributed by atoms with Gasteiger partial charge in [0.05, 0.1) is 12.0 Å². The highest BCUT2D eigenvalue weighted by molar-refractivity contribution is 5.85. The van der Waals surface area contributed by atoms with Crippen molar-refractivity contribution in [3.8, 4) is 0 Å². The number of halogens is 3. The number of alkyl halides is 3. The van der Waals surface area contributed by atoms with Crippen LogP contribution in [0.5, 0.6) is 0 Å². The second-order valence-electron chi connectivity index (χ2n) is 5.53. The number of para-hydroxylation sites is 1. The van der Waals surface area contributed by atoms with Crippen LogP contribution in [0.3, 0.4) is 0 Å². The van der Waals surface area contributed by atoms with E-state index in [1.165, 1.54) is 18.2 Å². The number of carbonyl (C=O) groups is 1. The lowest BCUT2D eigenvalue weighted by atomic mass is 9.85. The highest BCUT2D eigenvalue weighted by Crippen LogP contribution is 2.40. The van der Waals surface area contributed by atoms with Crippen LogP contribution < -0.4 is 0 Å². The number of aromatic nitrogens is 1. The summed E-state index contributed by atoms with van der Waals surface area (Å²) in [6.07, 6.45) is -3.38. The van der Waals surface area contributed by atoms with Crippen LogP contribution in [-0.2, 0) is 11.0 Å². The maximum Gasteiger partial charge on any atom is 0.416 e. The predicted molar refractivity (Wildman–Crippen MR) is 83.8 cm³/mol. The van der Waals surface area contributed by atoms with E-state index in [4.69, 9.17) is 0 Å². The molecule has 0 unspecified atom stereocenters. The average molecular weight is 333 g/mol. The van der Waals surface area contributed by atoms with E-state index < -0.39 is 30.0 Å². The summed E-state index contributed by atoms with van der Waals surface area (Å²) in [4.78, 5) is 14.3. The van der Waals surface area contributed by atoms with Gasteiger partial charge in [-0.1, -0.05) is 36.4 Å². The van der Waals surface area contributed by atoms with Gasteiger partial charge in [-0.3, -0.25) is 4.79 Å². The number of aromatic amines is 1. The molecule has 0 bridgehead atoms. The molecule has 0 amide bonds. The van der Waals surface area contributed by atoms with Gasteiger partial charge >= 0.3 is 12.1 Å². The van der Waals surface area contributed by atoms with E-state index in [-0.39, 0.29) is 5.56 Å². The predicted octanol–water partition coefficient (Wildman–Crippen LogP) is 4.79. The highest BCUT2D eigenvalue weighted by Gasteiger charge is 2.36. The number of rotatable bonds is 4. The summed E-state index contributed by atoms with van der Waals surface area (Å²) in [5.41, 5.74) is 0.468. The molecule has 0 spiro atoms. The van der Waals surface area contributed by atoms with E-state index >= 15 is 0 Å². The third kappa shape index (κ3) is 2.99. The standard InChI is InChI=1S/C18H14F3NO2/c19-18(20,21)15-7-3-1-5-11(15)13(9-17(23)24)14-10-22-16-8-4-2-6-12(14)16/h1-8,10,13,22H,9H2,(H,23,24)/t13-/m0/s1. The average Bonchev–Trinajstić information content (AvgIpc) is 2.95. The molecule has 3 rings (SSSR count). The van der Waals surface area contributed by atoms with Gasteiger partial charge in [-0.25, -0.2) is 0 Å². The molecule has 0 saturated carbocycles. The Morgan fingerprint density at radius 1 is 1.04 bits per heavy atom. The summed E-state index contributed by atoms with van der Waals surface area (Å²) in [6, 6.07) is 12.3. The highest BCUT2D eigenvalue weighted by atomic mass is 19.4. The summed E-state index contributed by atoms with van der Waals surface area (Å²) in [5.74, 6) is -2.04. The number of hydrogen-bond acceptors (Lipinski definition) is 1. The van der Waals surface area contributed by atoms with Gasteiger partial charge in [0.15, 0.2) is 0 Å². The lowest BCUT2D eigenvalue weighted by molar-refractivity contribution is -0.140. The SMILES string of the molecule is O=C(O)C[C@@H](c1ccccc1C(F)(F)F)c1c[nH]c2ccccc12. The maximum absolute atomic E-state index is 13.3. The van der Waals surface area contributed by atoms with Gasteiger partial charge in [0.1, 0.15) is 0 Å². The van der Waals surface area contributed by atoms with Crippen molar-refractivity contribution < 1.29 is 23.1 Å². The number of nitrogens with one attached hydrogen (secondary N) is 1. The number of fused-ring (bicyclic) bond motifs is 1. The molecule has 1 atom stereocenters. The van der Waals surface area contributed by atoms with Crippen molar-refractivity contribution in [2.24, 2.45) is 0 Å². The van der Waals surface area contributed by atoms with Crippen molar-refractivity contribution in [3.05, 3.63) is 71.4 Å². The van der Waals surface area contributed by atoms with E-state index in [1.54, 1.807) is 30.5 Å². The van der Waals surface area contributed by atoms with Crippen molar-refractivity contribution in [2.45, 2.75) is 18.5 Å². The Labute approximate surface area is 135 Å². The molecule has 0 aliphatic heterocycles. The van der Waals surface area contributed by atoms with Gasteiger partial charge in [0, 0.05) is 23.0 Å². The molecule has 0 aliphatic carbocycles. The molecule has 1 aromatic heterocycles. The Hall–Kier alpha value is -2.76. The van der Waals surface area contributed by atoms with E-state index in [2.05, 4.69) is 4.98 Å². The van der Waals surface area contributed by atoms with Gasteiger partial charge in [-0.2, -0.15) is 13.2 Å². The minimum atomic E-state index is -4.54. The molecule has 124 valence electrons. The van der Waals surface area contributed by atoms with Crippen LogP contribution in [0.15, 0.2) is 54.7 Å². The fourth-order valence-corrected chi connectivity index (χ4v) is 3.00. The van der Waals surface area contributed by atoms with Crippen LogP contribution >= 0.6 is 0 Å². The molecule has 0 aliphatic rings. The minimum Gasteiger partial charge on any atom is -0.481 e. The quantitative estimate of drug-likeness (QED) is 0.721. The zero-order valence-electron chi connectivity index (χ0n) is 12.5. The van der Waals surface area contributed by atoms with Gasteiger partial charge in [0.25, 0.3) is 0 Å². The van der Waals surface area contributed by atoms with Crippen molar-refractivity contribution in [1.29, 1.82) is 0 Å². The molecular formula is C18H14F3NO2. The van der Waals surface area contributed by atoms with Gasteiger partial charge in [-0.05, 0) is 23.3 Å². The van der Waals surface area contributed by atoms with Crippen molar-refractivity contribution in [1.82, 2.24) is 4.98 Å². The van der Waals surface area contributed by atoms with Crippen LogP contribution in [0.25, 0.3) is 10.9 Å². The number of aliphatic carboxylic acids is 1. The van der Waals surface area contributed by atoms with Crippen LogP contribution in [0.2, 0.25) is 0 Å². The first kappa shape index (κ1) is 16.1. The van der Waals surface area contributed by atoms with Crippen LogP contribution in [0, 0.1) is 0 Å². The number of carboxylic acid groups (broad SMARTS) is 1.